The number of thiophene rings is 1. The predicted molar refractivity (Wildman–Crippen MR) is 99.5 cm³/mol. The first-order valence-corrected chi connectivity index (χ1v) is 8.88. The van der Waals surface area contributed by atoms with E-state index in [-0.39, 0.29) is 5.91 Å². The quantitative estimate of drug-likeness (QED) is 0.570. The lowest BCUT2D eigenvalue weighted by molar-refractivity contribution is 0.0946. The van der Waals surface area contributed by atoms with E-state index in [2.05, 4.69) is 25.6 Å². The molecule has 0 fully saturated rings. The second-order valence-corrected chi connectivity index (χ2v) is 6.70. The van der Waals surface area contributed by atoms with E-state index in [1.165, 1.54) is 0 Å². The second-order valence-electron chi connectivity index (χ2n) is 5.75. The van der Waals surface area contributed by atoms with Gasteiger partial charge in [-0.2, -0.15) is 10.2 Å². The van der Waals surface area contributed by atoms with E-state index in [9.17, 15) is 4.79 Å². The molecule has 26 heavy (non-hydrogen) atoms. The molecular formula is C18H16N6OS. The number of hydrogen-bond donors (Lipinski definition) is 2. The zero-order valence-electron chi connectivity index (χ0n) is 14.0. The first-order chi connectivity index (χ1) is 12.7. The summed E-state index contributed by atoms with van der Waals surface area (Å²) in [4.78, 5) is 17.6. The Bertz CT molecular complexity index is 1030. The number of pyridine rings is 1. The number of nitrogens with zero attached hydrogens (tertiary/aromatic N) is 4. The van der Waals surface area contributed by atoms with Gasteiger partial charge in [-0.25, -0.2) is 0 Å². The molecule has 0 unspecified atom stereocenters. The van der Waals surface area contributed by atoms with Gasteiger partial charge < -0.3 is 5.32 Å². The average Bonchev–Trinajstić information content (AvgIpc) is 3.40. The van der Waals surface area contributed by atoms with Gasteiger partial charge in [-0.05, 0) is 35.2 Å². The molecule has 1 amide bonds. The Kier molecular flexibility index (Phi) is 4.32. The van der Waals surface area contributed by atoms with Gasteiger partial charge in [-0.1, -0.05) is 6.07 Å². The number of nitrogens with one attached hydrogen (secondary N) is 2. The highest BCUT2D eigenvalue weighted by Gasteiger charge is 2.12. The van der Waals surface area contributed by atoms with Crippen LogP contribution in [-0.4, -0.2) is 30.9 Å². The zero-order valence-corrected chi connectivity index (χ0v) is 14.8. The Morgan fingerprint density at radius 2 is 2.23 bits per heavy atom. The number of amides is 1. The third kappa shape index (κ3) is 3.27. The summed E-state index contributed by atoms with van der Waals surface area (Å²) in [5, 5.41) is 16.0. The maximum Gasteiger partial charge on any atom is 0.272 e. The monoisotopic (exact) mass is 364 g/mol. The first kappa shape index (κ1) is 16.2. The molecule has 0 aliphatic heterocycles. The summed E-state index contributed by atoms with van der Waals surface area (Å²) in [5.41, 5.74) is 4.04. The lowest BCUT2D eigenvalue weighted by Gasteiger charge is -2.06. The molecule has 0 spiro atoms. The molecule has 2 N–H and O–H groups in total. The average molecular weight is 364 g/mol. The van der Waals surface area contributed by atoms with Gasteiger partial charge in [0.25, 0.3) is 5.91 Å². The SMILES string of the molecule is Cn1nccc1-c1cncc(CNC(=O)c2cc(-c3cccs3)[nH]n2)c1. The highest BCUT2D eigenvalue weighted by Crippen LogP contribution is 2.23. The predicted octanol–water partition coefficient (Wildman–Crippen LogP) is 2.86. The number of carbonyl (C=O) groups is 1. The molecule has 0 aliphatic carbocycles. The van der Waals surface area contributed by atoms with Crippen molar-refractivity contribution < 1.29 is 4.79 Å². The molecular weight excluding hydrogens is 348 g/mol. The van der Waals surface area contributed by atoms with Gasteiger partial charge in [0.15, 0.2) is 5.69 Å². The lowest BCUT2D eigenvalue weighted by Crippen LogP contribution is -2.23. The Morgan fingerprint density at radius 1 is 1.31 bits per heavy atom. The minimum absolute atomic E-state index is 0.227. The number of rotatable bonds is 5. The number of H-pyrrole nitrogens is 1. The van der Waals surface area contributed by atoms with Crippen molar-refractivity contribution in [3.8, 4) is 21.8 Å². The van der Waals surface area contributed by atoms with E-state index in [0.29, 0.717) is 12.2 Å². The number of aryl methyl sites for hydroxylation is 1. The molecule has 4 rings (SSSR count). The lowest BCUT2D eigenvalue weighted by atomic mass is 10.1. The van der Waals surface area contributed by atoms with Crippen LogP contribution >= 0.6 is 11.3 Å². The van der Waals surface area contributed by atoms with Crippen LogP contribution in [-0.2, 0) is 13.6 Å². The van der Waals surface area contributed by atoms with Crippen molar-refractivity contribution in [2.24, 2.45) is 7.05 Å². The molecule has 0 bridgehead atoms. The summed E-state index contributed by atoms with van der Waals surface area (Å²) < 4.78 is 1.79. The van der Waals surface area contributed by atoms with Crippen molar-refractivity contribution >= 4 is 17.2 Å². The van der Waals surface area contributed by atoms with E-state index in [0.717, 1.165) is 27.4 Å². The van der Waals surface area contributed by atoms with Crippen LogP contribution in [0.3, 0.4) is 0 Å². The molecule has 0 radical (unpaired) electrons. The van der Waals surface area contributed by atoms with Crippen molar-refractivity contribution in [1.82, 2.24) is 30.3 Å². The Balaban J connectivity index is 1.44. The van der Waals surface area contributed by atoms with Crippen molar-refractivity contribution in [1.29, 1.82) is 0 Å². The molecule has 0 saturated heterocycles. The zero-order chi connectivity index (χ0) is 17.9. The van der Waals surface area contributed by atoms with Gasteiger partial charge in [-0.15, -0.1) is 11.3 Å². The van der Waals surface area contributed by atoms with Crippen LogP contribution in [0.5, 0.6) is 0 Å². The molecule has 0 saturated carbocycles. The van der Waals surface area contributed by atoms with Crippen molar-refractivity contribution in [3.05, 3.63) is 65.6 Å². The maximum atomic E-state index is 12.3. The van der Waals surface area contributed by atoms with Gasteiger partial charge in [0, 0.05) is 37.7 Å². The van der Waals surface area contributed by atoms with Crippen molar-refractivity contribution in [2.45, 2.75) is 6.54 Å². The van der Waals surface area contributed by atoms with Crippen LogP contribution in [0.1, 0.15) is 16.1 Å². The van der Waals surface area contributed by atoms with Gasteiger partial charge in [0.2, 0.25) is 0 Å². The first-order valence-electron chi connectivity index (χ1n) is 8.00. The van der Waals surface area contributed by atoms with Crippen LogP contribution in [0.25, 0.3) is 21.8 Å². The number of carbonyl (C=O) groups excluding carboxylic acids is 1. The highest BCUT2D eigenvalue weighted by molar-refractivity contribution is 7.13. The molecule has 7 nitrogen and oxygen atoms in total. The topological polar surface area (TPSA) is 88.5 Å². The number of aromatic amines is 1. The van der Waals surface area contributed by atoms with Gasteiger partial charge >= 0.3 is 0 Å². The minimum atomic E-state index is -0.227. The molecule has 0 atom stereocenters. The molecule has 8 heteroatoms. The minimum Gasteiger partial charge on any atom is -0.347 e. The number of hydrogen-bond acceptors (Lipinski definition) is 5. The fourth-order valence-electron chi connectivity index (χ4n) is 2.65. The summed E-state index contributed by atoms with van der Waals surface area (Å²) >= 11 is 1.59. The Morgan fingerprint density at radius 3 is 3.00 bits per heavy atom. The summed E-state index contributed by atoms with van der Waals surface area (Å²) in [6.07, 6.45) is 5.26. The summed E-state index contributed by atoms with van der Waals surface area (Å²) in [5.74, 6) is -0.227. The van der Waals surface area contributed by atoms with E-state index in [4.69, 9.17) is 0 Å². The van der Waals surface area contributed by atoms with Crippen LogP contribution in [0.2, 0.25) is 0 Å². The third-order valence-corrected chi connectivity index (χ3v) is 4.86. The van der Waals surface area contributed by atoms with E-state index < -0.39 is 0 Å². The standard InChI is InChI=1S/C18H16N6OS/c1-24-16(4-5-21-24)13-7-12(9-19-11-13)10-20-18(25)15-8-14(22-23-15)17-3-2-6-26-17/h2-9,11H,10H2,1H3,(H,20,25)(H,22,23). The molecule has 4 aromatic rings. The fourth-order valence-corrected chi connectivity index (χ4v) is 3.34. The van der Waals surface area contributed by atoms with E-state index in [1.807, 2.05) is 36.7 Å². The van der Waals surface area contributed by atoms with Crippen molar-refractivity contribution in [3.63, 3.8) is 0 Å². The fraction of sp³-hybridized carbons (Fsp3) is 0.111. The summed E-state index contributed by atoms with van der Waals surface area (Å²) in [6, 6.07) is 9.62. The summed E-state index contributed by atoms with van der Waals surface area (Å²) in [7, 11) is 1.88. The smallest absolute Gasteiger partial charge is 0.272 e. The molecule has 130 valence electrons. The van der Waals surface area contributed by atoms with Crippen molar-refractivity contribution in [2.75, 3.05) is 0 Å². The van der Waals surface area contributed by atoms with Crippen LogP contribution in [0.4, 0.5) is 0 Å². The van der Waals surface area contributed by atoms with Gasteiger partial charge in [0.05, 0.1) is 16.3 Å². The van der Waals surface area contributed by atoms with E-state index >= 15 is 0 Å². The normalized spacial score (nSPS) is 10.8. The highest BCUT2D eigenvalue weighted by atomic mass is 32.1. The molecule has 4 heterocycles. The second kappa shape index (κ2) is 6.93. The molecule has 0 aliphatic rings. The van der Waals surface area contributed by atoms with Crippen LogP contribution in [0.15, 0.2) is 54.3 Å². The maximum absolute atomic E-state index is 12.3. The van der Waals surface area contributed by atoms with Gasteiger partial charge in [0.1, 0.15) is 0 Å². The molecule has 0 aromatic carbocycles. The Labute approximate surface area is 153 Å². The number of aromatic nitrogens is 5. The van der Waals surface area contributed by atoms with Crippen LogP contribution < -0.4 is 5.32 Å². The largest absolute Gasteiger partial charge is 0.347 e. The van der Waals surface area contributed by atoms with Gasteiger partial charge in [-0.3, -0.25) is 19.6 Å². The summed E-state index contributed by atoms with van der Waals surface area (Å²) in [6.45, 7) is 0.374. The molecule has 4 aromatic heterocycles. The van der Waals surface area contributed by atoms with E-state index in [1.54, 1.807) is 40.7 Å². The third-order valence-electron chi connectivity index (χ3n) is 3.96. The Hall–Kier alpha value is -3.26. The van der Waals surface area contributed by atoms with Crippen LogP contribution in [0, 0.1) is 0 Å².